The lowest BCUT2D eigenvalue weighted by molar-refractivity contribution is -0.384. The van der Waals surface area contributed by atoms with E-state index in [0.29, 0.717) is 23.7 Å². The Bertz CT molecular complexity index is 794. The monoisotopic (exact) mass is 359 g/mol. The van der Waals surface area contributed by atoms with Crippen molar-refractivity contribution < 1.29 is 19.2 Å². The molecule has 8 nitrogen and oxygen atoms in total. The quantitative estimate of drug-likeness (QED) is 0.575. The molecular weight excluding hydrogens is 338 g/mol. The zero-order valence-electron chi connectivity index (χ0n) is 14.9. The topological polar surface area (TPSA) is 93.9 Å². The molecule has 0 atom stereocenters. The first-order valence-corrected chi connectivity index (χ1v) is 7.86. The minimum atomic E-state index is -0.502. The Morgan fingerprint density at radius 2 is 1.96 bits per heavy atom. The zero-order chi connectivity index (χ0) is 19.1. The van der Waals surface area contributed by atoms with Crippen molar-refractivity contribution in [1.29, 1.82) is 0 Å². The van der Waals surface area contributed by atoms with Gasteiger partial charge in [0.25, 0.3) is 5.69 Å². The number of amides is 1. The average molecular weight is 359 g/mol. The van der Waals surface area contributed by atoms with Crippen LogP contribution in [0.3, 0.4) is 0 Å². The van der Waals surface area contributed by atoms with Gasteiger partial charge in [0.2, 0.25) is 5.91 Å². The van der Waals surface area contributed by atoms with Gasteiger partial charge in [-0.2, -0.15) is 0 Å². The highest BCUT2D eigenvalue weighted by molar-refractivity contribution is 5.92. The smallest absolute Gasteiger partial charge is 0.271 e. The number of hydrogen-bond donors (Lipinski definition) is 1. The molecule has 1 N–H and O–H groups in total. The summed E-state index contributed by atoms with van der Waals surface area (Å²) in [5.74, 6) is 1.10. The van der Waals surface area contributed by atoms with Gasteiger partial charge in [-0.1, -0.05) is 12.1 Å². The molecule has 26 heavy (non-hydrogen) atoms. The summed E-state index contributed by atoms with van der Waals surface area (Å²) < 4.78 is 10.5. The molecule has 0 saturated heterocycles. The Labute approximate surface area is 151 Å². The van der Waals surface area contributed by atoms with Crippen molar-refractivity contribution in [2.75, 3.05) is 33.1 Å². The van der Waals surface area contributed by atoms with E-state index in [2.05, 4.69) is 5.32 Å². The molecule has 0 unspecified atom stereocenters. The summed E-state index contributed by atoms with van der Waals surface area (Å²) in [6.45, 7) is 0.618. The summed E-state index contributed by atoms with van der Waals surface area (Å²) in [7, 11) is 4.96. The number of methoxy groups -OCH3 is 2. The Morgan fingerprint density at radius 1 is 1.19 bits per heavy atom. The summed E-state index contributed by atoms with van der Waals surface area (Å²) in [4.78, 5) is 24.3. The maximum atomic E-state index is 12.2. The van der Waals surface area contributed by atoms with E-state index < -0.39 is 4.92 Å². The van der Waals surface area contributed by atoms with Crippen LogP contribution >= 0.6 is 0 Å². The second-order valence-electron chi connectivity index (χ2n) is 5.71. The van der Waals surface area contributed by atoms with E-state index >= 15 is 0 Å². The van der Waals surface area contributed by atoms with E-state index in [1.165, 1.54) is 18.2 Å². The minimum absolute atomic E-state index is 0.0703. The SMILES string of the molecule is COc1ccc(CN(C)CC(=O)Nc2cccc([N+](=O)[O-])c2)c(OC)c1. The van der Waals surface area contributed by atoms with Crippen LogP contribution in [0.5, 0.6) is 11.5 Å². The Hall–Kier alpha value is -3.13. The lowest BCUT2D eigenvalue weighted by Crippen LogP contribution is -2.30. The van der Waals surface area contributed by atoms with E-state index in [4.69, 9.17) is 9.47 Å². The molecule has 1 amide bonds. The highest BCUT2D eigenvalue weighted by Gasteiger charge is 2.12. The number of rotatable bonds is 8. The summed E-state index contributed by atoms with van der Waals surface area (Å²) in [5, 5.41) is 13.5. The normalized spacial score (nSPS) is 10.5. The van der Waals surface area contributed by atoms with Crippen molar-refractivity contribution in [3.8, 4) is 11.5 Å². The summed E-state index contributed by atoms with van der Waals surface area (Å²) in [6.07, 6.45) is 0. The van der Waals surface area contributed by atoms with E-state index in [9.17, 15) is 14.9 Å². The van der Waals surface area contributed by atoms with Crippen molar-refractivity contribution in [1.82, 2.24) is 4.90 Å². The van der Waals surface area contributed by atoms with Gasteiger partial charge < -0.3 is 14.8 Å². The molecule has 8 heteroatoms. The number of benzene rings is 2. The number of likely N-dealkylation sites (N-methyl/N-ethyl adjacent to an activating group) is 1. The molecule has 0 saturated carbocycles. The van der Waals surface area contributed by atoms with Gasteiger partial charge in [-0.25, -0.2) is 0 Å². The van der Waals surface area contributed by atoms with Gasteiger partial charge in [0, 0.05) is 36.0 Å². The number of carbonyl (C=O) groups excluding carboxylic acids is 1. The third-order valence-corrected chi connectivity index (χ3v) is 3.69. The number of nitrogens with zero attached hydrogens (tertiary/aromatic N) is 2. The van der Waals surface area contributed by atoms with Crippen LogP contribution in [-0.2, 0) is 11.3 Å². The van der Waals surface area contributed by atoms with Crippen molar-refractivity contribution in [3.05, 3.63) is 58.1 Å². The van der Waals surface area contributed by atoms with Gasteiger partial charge in [0.1, 0.15) is 11.5 Å². The largest absolute Gasteiger partial charge is 0.497 e. The molecule has 0 bridgehead atoms. The van der Waals surface area contributed by atoms with Crippen LogP contribution in [0, 0.1) is 10.1 Å². The molecule has 138 valence electrons. The summed E-state index contributed by atoms with van der Waals surface area (Å²) >= 11 is 0. The molecule has 0 aliphatic rings. The van der Waals surface area contributed by atoms with Crippen LogP contribution < -0.4 is 14.8 Å². The number of nitro groups is 1. The lowest BCUT2D eigenvalue weighted by atomic mass is 10.2. The van der Waals surface area contributed by atoms with Crippen molar-refractivity contribution in [2.24, 2.45) is 0 Å². The van der Waals surface area contributed by atoms with Crippen LogP contribution in [0.25, 0.3) is 0 Å². The van der Waals surface area contributed by atoms with Crippen LogP contribution in [0.4, 0.5) is 11.4 Å². The first kappa shape index (κ1) is 19.2. The highest BCUT2D eigenvalue weighted by Crippen LogP contribution is 2.25. The van der Waals surface area contributed by atoms with Crippen LogP contribution in [0.2, 0.25) is 0 Å². The maximum absolute atomic E-state index is 12.2. The highest BCUT2D eigenvalue weighted by atomic mass is 16.6. The van der Waals surface area contributed by atoms with Gasteiger partial charge in [-0.15, -0.1) is 0 Å². The van der Waals surface area contributed by atoms with E-state index in [1.54, 1.807) is 33.4 Å². The molecule has 2 aromatic carbocycles. The standard InChI is InChI=1S/C18H21N3O5/c1-20(11-13-7-8-16(25-2)10-17(13)26-3)12-18(22)19-14-5-4-6-15(9-14)21(23)24/h4-10H,11-12H2,1-3H3,(H,19,22). The summed E-state index contributed by atoms with van der Waals surface area (Å²) in [6, 6.07) is 11.3. The second kappa shape index (κ2) is 8.82. The number of hydrogen-bond acceptors (Lipinski definition) is 6. The molecule has 0 aromatic heterocycles. The molecule has 0 spiro atoms. The molecule has 2 aromatic rings. The number of nitrogens with one attached hydrogen (secondary N) is 1. The molecule has 0 heterocycles. The molecular formula is C18H21N3O5. The van der Waals surface area contributed by atoms with Crippen LogP contribution in [-0.4, -0.2) is 43.5 Å². The fraction of sp³-hybridized carbons (Fsp3) is 0.278. The number of anilines is 1. The maximum Gasteiger partial charge on any atom is 0.271 e. The first-order valence-electron chi connectivity index (χ1n) is 7.86. The number of non-ortho nitro benzene ring substituents is 1. The molecule has 0 aliphatic heterocycles. The minimum Gasteiger partial charge on any atom is -0.497 e. The number of ether oxygens (including phenoxy) is 2. The predicted octanol–water partition coefficient (Wildman–Crippen LogP) is 2.68. The first-order chi connectivity index (χ1) is 12.4. The molecule has 0 fully saturated rings. The molecule has 0 aliphatic carbocycles. The Kier molecular flexibility index (Phi) is 6.51. The molecule has 2 rings (SSSR count). The van der Waals surface area contributed by atoms with Gasteiger partial charge >= 0.3 is 0 Å². The average Bonchev–Trinajstić information content (AvgIpc) is 2.61. The fourth-order valence-corrected chi connectivity index (χ4v) is 2.47. The van der Waals surface area contributed by atoms with Gasteiger partial charge in [0.05, 0.1) is 25.7 Å². The number of nitro benzene ring substituents is 1. The van der Waals surface area contributed by atoms with Gasteiger partial charge in [-0.05, 0) is 19.2 Å². The third kappa shape index (κ3) is 5.18. The second-order valence-corrected chi connectivity index (χ2v) is 5.71. The molecule has 0 radical (unpaired) electrons. The van der Waals surface area contributed by atoms with E-state index in [0.717, 1.165) is 5.56 Å². The third-order valence-electron chi connectivity index (χ3n) is 3.69. The number of carbonyl (C=O) groups is 1. The lowest BCUT2D eigenvalue weighted by Gasteiger charge is -2.18. The van der Waals surface area contributed by atoms with Crippen LogP contribution in [0.1, 0.15) is 5.56 Å². The van der Waals surface area contributed by atoms with Crippen LogP contribution in [0.15, 0.2) is 42.5 Å². The van der Waals surface area contributed by atoms with Gasteiger partial charge in [-0.3, -0.25) is 19.8 Å². The van der Waals surface area contributed by atoms with E-state index in [1.807, 2.05) is 17.0 Å². The van der Waals surface area contributed by atoms with Crippen molar-refractivity contribution in [3.63, 3.8) is 0 Å². The summed E-state index contributed by atoms with van der Waals surface area (Å²) in [5.41, 5.74) is 1.23. The zero-order valence-corrected chi connectivity index (χ0v) is 14.9. The van der Waals surface area contributed by atoms with Gasteiger partial charge in [0.15, 0.2) is 0 Å². The van der Waals surface area contributed by atoms with Crippen molar-refractivity contribution in [2.45, 2.75) is 6.54 Å². The Balaban J connectivity index is 1.97. The van der Waals surface area contributed by atoms with Crippen molar-refractivity contribution >= 4 is 17.3 Å². The fourth-order valence-electron chi connectivity index (χ4n) is 2.47. The Morgan fingerprint density at radius 3 is 2.62 bits per heavy atom. The predicted molar refractivity (Wildman–Crippen MR) is 97.6 cm³/mol. The van der Waals surface area contributed by atoms with E-state index in [-0.39, 0.29) is 18.1 Å².